The van der Waals surface area contributed by atoms with Gasteiger partial charge in [-0.2, -0.15) is 0 Å². The number of amides is 2. The molecule has 3 aromatic rings. The first-order valence-electron chi connectivity index (χ1n) is 11.8. The van der Waals surface area contributed by atoms with Crippen LogP contribution in [-0.2, 0) is 0 Å². The van der Waals surface area contributed by atoms with Crippen molar-refractivity contribution in [3.8, 4) is 5.75 Å². The number of carbonyl (C=O) groups is 2. The number of aromatic nitrogens is 1. The van der Waals surface area contributed by atoms with E-state index in [2.05, 4.69) is 34.2 Å². The second-order valence-corrected chi connectivity index (χ2v) is 8.71. The first-order chi connectivity index (χ1) is 17.0. The molecule has 0 saturated carbocycles. The van der Waals surface area contributed by atoms with E-state index in [9.17, 15) is 9.59 Å². The van der Waals surface area contributed by atoms with Crippen LogP contribution < -0.4 is 9.64 Å². The smallest absolute Gasteiger partial charge is 0.272 e. The van der Waals surface area contributed by atoms with E-state index in [1.54, 1.807) is 23.0 Å². The van der Waals surface area contributed by atoms with Crippen molar-refractivity contribution in [3.63, 3.8) is 0 Å². The van der Waals surface area contributed by atoms with E-state index in [1.165, 1.54) is 0 Å². The summed E-state index contributed by atoms with van der Waals surface area (Å²) in [4.78, 5) is 36.1. The molecule has 0 radical (unpaired) electrons. The largest absolute Gasteiger partial charge is 0.495 e. The second-order valence-electron chi connectivity index (χ2n) is 8.71. The van der Waals surface area contributed by atoms with Crippen molar-refractivity contribution >= 4 is 29.3 Å². The van der Waals surface area contributed by atoms with Gasteiger partial charge in [0.1, 0.15) is 11.4 Å². The molecule has 0 aliphatic carbocycles. The molecule has 0 N–H and O–H groups in total. The molecule has 0 unspecified atom stereocenters. The molecule has 178 valence electrons. The fourth-order valence-electron chi connectivity index (χ4n) is 4.64. The standard InChI is InChI=1S/C28H28N4O3/c1-20-7-5-10-23(29-20)28(34)31-17-15-30(16-18-31)27(33)22-12-13-25(26(19-22)35-2)32-14-6-9-21-8-3-4-11-24(21)32/h3-13,19H,14-18H2,1-2H3. The molecule has 2 aromatic carbocycles. The minimum atomic E-state index is -0.0947. The number of piperazine rings is 1. The van der Waals surface area contributed by atoms with Gasteiger partial charge in [0.15, 0.2) is 0 Å². The Morgan fingerprint density at radius 1 is 0.857 bits per heavy atom. The van der Waals surface area contributed by atoms with E-state index in [-0.39, 0.29) is 11.8 Å². The van der Waals surface area contributed by atoms with Gasteiger partial charge in [-0.25, -0.2) is 4.98 Å². The van der Waals surface area contributed by atoms with Gasteiger partial charge in [-0.3, -0.25) is 9.59 Å². The molecule has 3 heterocycles. The van der Waals surface area contributed by atoms with E-state index >= 15 is 0 Å². The van der Waals surface area contributed by atoms with Gasteiger partial charge in [-0.05, 0) is 48.9 Å². The van der Waals surface area contributed by atoms with Crippen LogP contribution >= 0.6 is 0 Å². The maximum absolute atomic E-state index is 13.3. The molecule has 5 rings (SSSR count). The maximum Gasteiger partial charge on any atom is 0.272 e. The van der Waals surface area contributed by atoms with Crippen molar-refractivity contribution in [3.05, 3.63) is 89.3 Å². The third-order valence-electron chi connectivity index (χ3n) is 6.49. The summed E-state index contributed by atoms with van der Waals surface area (Å²) in [7, 11) is 1.63. The van der Waals surface area contributed by atoms with Crippen LogP contribution in [0.5, 0.6) is 5.75 Å². The number of para-hydroxylation sites is 1. The number of methoxy groups -OCH3 is 1. The van der Waals surface area contributed by atoms with E-state index in [0.717, 1.165) is 29.2 Å². The Kier molecular flexibility index (Phi) is 6.23. The van der Waals surface area contributed by atoms with Crippen molar-refractivity contribution in [1.29, 1.82) is 0 Å². The van der Waals surface area contributed by atoms with Crippen molar-refractivity contribution < 1.29 is 14.3 Å². The van der Waals surface area contributed by atoms with Crippen LogP contribution in [0.1, 0.15) is 32.1 Å². The molecular weight excluding hydrogens is 440 g/mol. The second kappa shape index (κ2) is 9.62. The third kappa shape index (κ3) is 4.49. The monoisotopic (exact) mass is 468 g/mol. The number of hydrogen-bond acceptors (Lipinski definition) is 5. The van der Waals surface area contributed by atoms with Gasteiger partial charge in [0.2, 0.25) is 0 Å². The molecule has 35 heavy (non-hydrogen) atoms. The van der Waals surface area contributed by atoms with Crippen LogP contribution in [0.2, 0.25) is 0 Å². The summed E-state index contributed by atoms with van der Waals surface area (Å²) in [6.45, 7) is 4.51. The fourth-order valence-corrected chi connectivity index (χ4v) is 4.64. The number of anilines is 2. The van der Waals surface area contributed by atoms with Crippen LogP contribution in [0.3, 0.4) is 0 Å². The topological polar surface area (TPSA) is 66.0 Å². The van der Waals surface area contributed by atoms with Gasteiger partial charge < -0.3 is 19.4 Å². The first kappa shape index (κ1) is 22.7. The molecule has 1 fully saturated rings. The summed E-state index contributed by atoms with van der Waals surface area (Å²) in [5, 5.41) is 0. The molecular formula is C28H28N4O3. The SMILES string of the molecule is COc1cc(C(=O)N2CCN(C(=O)c3cccc(C)n3)CC2)ccc1N1CC=Cc2ccccc21. The Morgan fingerprint density at radius 3 is 2.34 bits per heavy atom. The summed E-state index contributed by atoms with van der Waals surface area (Å²) >= 11 is 0. The quantitative estimate of drug-likeness (QED) is 0.575. The number of fused-ring (bicyclic) bond motifs is 1. The zero-order chi connectivity index (χ0) is 24.4. The zero-order valence-electron chi connectivity index (χ0n) is 20.0. The predicted octanol–water partition coefficient (Wildman–Crippen LogP) is 4.16. The molecule has 1 saturated heterocycles. The highest BCUT2D eigenvalue weighted by Crippen LogP contribution is 2.38. The Hall–Kier alpha value is -4.13. The van der Waals surface area contributed by atoms with Gasteiger partial charge in [0.05, 0.1) is 12.8 Å². The van der Waals surface area contributed by atoms with Crippen molar-refractivity contribution in [2.24, 2.45) is 0 Å². The molecule has 0 spiro atoms. The fraction of sp³-hybridized carbons (Fsp3) is 0.250. The molecule has 2 aliphatic heterocycles. The van der Waals surface area contributed by atoms with Crippen LogP contribution in [0.4, 0.5) is 11.4 Å². The lowest BCUT2D eigenvalue weighted by molar-refractivity contribution is 0.0532. The van der Waals surface area contributed by atoms with E-state index in [4.69, 9.17) is 4.74 Å². The van der Waals surface area contributed by atoms with Crippen molar-refractivity contribution in [2.75, 3.05) is 44.7 Å². The van der Waals surface area contributed by atoms with Crippen LogP contribution in [0.15, 0.2) is 66.7 Å². The summed E-state index contributed by atoms with van der Waals surface area (Å²) in [6.07, 6.45) is 4.24. The molecule has 0 atom stereocenters. The highest BCUT2D eigenvalue weighted by molar-refractivity contribution is 5.96. The number of carbonyl (C=O) groups excluding carboxylic acids is 2. The number of rotatable bonds is 4. The van der Waals surface area contributed by atoms with Gasteiger partial charge in [0.25, 0.3) is 11.8 Å². The number of ether oxygens (including phenoxy) is 1. The number of pyridine rings is 1. The van der Waals surface area contributed by atoms with Gasteiger partial charge in [-0.15, -0.1) is 0 Å². The number of nitrogens with zero attached hydrogens (tertiary/aromatic N) is 4. The predicted molar refractivity (Wildman–Crippen MR) is 136 cm³/mol. The Bertz CT molecular complexity index is 1290. The van der Waals surface area contributed by atoms with Crippen LogP contribution in [0.25, 0.3) is 6.08 Å². The van der Waals surface area contributed by atoms with E-state index < -0.39 is 0 Å². The molecule has 0 bridgehead atoms. The lowest BCUT2D eigenvalue weighted by atomic mass is 10.1. The van der Waals surface area contributed by atoms with Crippen molar-refractivity contribution in [2.45, 2.75) is 6.92 Å². The number of aryl methyl sites for hydroxylation is 1. The van der Waals surface area contributed by atoms with E-state index in [1.807, 2.05) is 49.4 Å². The molecule has 2 amide bonds. The first-order valence-corrected chi connectivity index (χ1v) is 11.8. The average Bonchev–Trinajstić information content (AvgIpc) is 2.91. The molecule has 7 nitrogen and oxygen atoms in total. The summed E-state index contributed by atoms with van der Waals surface area (Å²) < 4.78 is 5.70. The van der Waals surface area contributed by atoms with Gasteiger partial charge >= 0.3 is 0 Å². The summed E-state index contributed by atoms with van der Waals surface area (Å²) in [5.41, 5.74) is 5.00. The summed E-state index contributed by atoms with van der Waals surface area (Å²) in [6, 6.07) is 19.3. The van der Waals surface area contributed by atoms with Crippen LogP contribution in [0, 0.1) is 6.92 Å². The molecule has 2 aliphatic rings. The Balaban J connectivity index is 1.29. The zero-order valence-corrected chi connectivity index (χ0v) is 20.0. The van der Waals surface area contributed by atoms with Gasteiger partial charge in [0, 0.05) is 49.7 Å². The summed E-state index contributed by atoms with van der Waals surface area (Å²) in [5.74, 6) is 0.498. The third-order valence-corrected chi connectivity index (χ3v) is 6.49. The lowest BCUT2D eigenvalue weighted by Crippen LogP contribution is -2.50. The van der Waals surface area contributed by atoms with Gasteiger partial charge in [-0.1, -0.05) is 36.4 Å². The number of hydrogen-bond donors (Lipinski definition) is 0. The maximum atomic E-state index is 13.3. The Morgan fingerprint density at radius 2 is 1.60 bits per heavy atom. The van der Waals surface area contributed by atoms with Crippen molar-refractivity contribution in [1.82, 2.24) is 14.8 Å². The van der Waals surface area contributed by atoms with E-state index in [0.29, 0.717) is 43.2 Å². The lowest BCUT2D eigenvalue weighted by Gasteiger charge is -2.35. The molecule has 1 aromatic heterocycles. The molecule has 7 heteroatoms. The normalized spacial score (nSPS) is 15.1. The Labute approximate surface area is 205 Å². The highest BCUT2D eigenvalue weighted by Gasteiger charge is 2.27. The highest BCUT2D eigenvalue weighted by atomic mass is 16.5. The number of benzene rings is 2. The minimum absolute atomic E-state index is 0.0606. The van der Waals surface area contributed by atoms with Crippen LogP contribution in [-0.4, -0.2) is 66.4 Å². The average molecular weight is 469 g/mol. The minimum Gasteiger partial charge on any atom is -0.495 e.